The van der Waals surface area contributed by atoms with Gasteiger partial charge in [-0.25, -0.2) is 0 Å². The van der Waals surface area contributed by atoms with Gasteiger partial charge in [0, 0.05) is 43.6 Å². The van der Waals surface area contributed by atoms with E-state index < -0.39 is 0 Å². The molecule has 0 spiro atoms. The number of nitrogens with zero attached hydrogens (tertiary/aromatic N) is 1. The molecular weight excluding hydrogens is 293 g/mol. The smallest absolute Gasteiger partial charge is 0.221 e. The Morgan fingerprint density at radius 1 is 1.50 bits per heavy atom. The monoisotopic (exact) mass is 317 g/mol. The second-order valence-electron chi connectivity index (χ2n) is 4.18. The van der Waals surface area contributed by atoms with E-state index in [1.807, 2.05) is 11.8 Å². The van der Waals surface area contributed by atoms with Crippen LogP contribution in [-0.2, 0) is 4.79 Å². The first-order valence-electron chi connectivity index (χ1n) is 5.98. The van der Waals surface area contributed by atoms with Gasteiger partial charge in [0.1, 0.15) is 0 Å². The first-order valence-corrected chi connectivity index (χ1v) is 7.14. The number of likely N-dealkylation sites (N-methyl/N-ethyl adjacent to an activating group) is 1. The molecule has 7 heteroatoms. The third kappa shape index (κ3) is 9.28. The highest BCUT2D eigenvalue weighted by atomic mass is 35.5. The summed E-state index contributed by atoms with van der Waals surface area (Å²) < 4.78 is 0. The fraction of sp³-hybridized carbons (Fsp3) is 0.909. The third-order valence-corrected chi connectivity index (χ3v) is 3.92. The summed E-state index contributed by atoms with van der Waals surface area (Å²) in [6.45, 7) is 5.85. The summed E-state index contributed by atoms with van der Waals surface area (Å²) in [6, 6.07) is 0.364. The minimum Gasteiger partial charge on any atom is -0.355 e. The molecule has 1 aliphatic heterocycles. The van der Waals surface area contributed by atoms with Crippen LogP contribution < -0.4 is 10.6 Å². The predicted molar refractivity (Wildman–Crippen MR) is 84.4 cm³/mol. The summed E-state index contributed by atoms with van der Waals surface area (Å²) in [4.78, 5) is 13.8. The Bertz CT molecular complexity index is 216. The van der Waals surface area contributed by atoms with Crippen molar-refractivity contribution >= 4 is 42.5 Å². The maximum Gasteiger partial charge on any atom is 0.221 e. The van der Waals surface area contributed by atoms with Crippen molar-refractivity contribution in [3.8, 4) is 0 Å². The van der Waals surface area contributed by atoms with E-state index >= 15 is 0 Å². The van der Waals surface area contributed by atoms with Crippen LogP contribution in [0.4, 0.5) is 0 Å². The molecule has 0 aliphatic carbocycles. The predicted octanol–water partition coefficient (Wildman–Crippen LogP) is 0.993. The number of hydrogen-bond acceptors (Lipinski definition) is 4. The van der Waals surface area contributed by atoms with Crippen molar-refractivity contribution in [2.24, 2.45) is 0 Å². The largest absolute Gasteiger partial charge is 0.355 e. The Labute approximate surface area is 127 Å². The van der Waals surface area contributed by atoms with Crippen molar-refractivity contribution in [2.75, 3.05) is 44.7 Å². The zero-order chi connectivity index (χ0) is 11.8. The van der Waals surface area contributed by atoms with Crippen LogP contribution in [0.15, 0.2) is 0 Å². The van der Waals surface area contributed by atoms with Gasteiger partial charge in [-0.15, -0.1) is 24.8 Å². The number of carbonyl (C=O) groups is 1. The molecule has 1 heterocycles. The molecular formula is C11H25Cl2N3OS. The summed E-state index contributed by atoms with van der Waals surface area (Å²) in [5, 5.41) is 6.33. The van der Waals surface area contributed by atoms with Crippen LogP contribution in [0.25, 0.3) is 0 Å². The van der Waals surface area contributed by atoms with Gasteiger partial charge in [-0.2, -0.15) is 11.8 Å². The van der Waals surface area contributed by atoms with Gasteiger partial charge in [0.15, 0.2) is 0 Å². The topological polar surface area (TPSA) is 44.4 Å². The molecule has 0 bridgehead atoms. The van der Waals surface area contributed by atoms with Gasteiger partial charge in [0.2, 0.25) is 5.91 Å². The maximum absolute atomic E-state index is 11.6. The molecule has 1 aliphatic rings. The average molecular weight is 318 g/mol. The Morgan fingerprint density at radius 2 is 2.22 bits per heavy atom. The zero-order valence-corrected chi connectivity index (χ0v) is 13.6. The van der Waals surface area contributed by atoms with Gasteiger partial charge in [-0.05, 0) is 13.6 Å². The van der Waals surface area contributed by atoms with Crippen molar-refractivity contribution in [3.05, 3.63) is 0 Å². The highest BCUT2D eigenvalue weighted by Gasteiger charge is 2.16. The van der Waals surface area contributed by atoms with Gasteiger partial charge in [0.25, 0.3) is 0 Å². The molecule has 2 N–H and O–H groups in total. The molecule has 0 aromatic heterocycles. The first kappa shape index (κ1) is 20.6. The van der Waals surface area contributed by atoms with Crippen LogP contribution in [0.1, 0.15) is 13.3 Å². The summed E-state index contributed by atoms with van der Waals surface area (Å²) in [7, 11) is 2.06. The van der Waals surface area contributed by atoms with E-state index in [1.165, 1.54) is 5.75 Å². The van der Waals surface area contributed by atoms with Crippen molar-refractivity contribution in [1.82, 2.24) is 15.5 Å². The number of thioether (sulfide) groups is 1. The summed E-state index contributed by atoms with van der Waals surface area (Å²) in [6.07, 6.45) is 0.614. The van der Waals surface area contributed by atoms with Crippen LogP contribution in [0.5, 0.6) is 0 Å². The number of hydrogen-bond donors (Lipinski definition) is 2. The van der Waals surface area contributed by atoms with Crippen LogP contribution in [0.2, 0.25) is 0 Å². The summed E-state index contributed by atoms with van der Waals surface area (Å²) in [5.41, 5.74) is 0. The van der Waals surface area contributed by atoms with Gasteiger partial charge in [0.05, 0.1) is 0 Å². The Hall–Kier alpha value is 0.320. The maximum atomic E-state index is 11.6. The van der Waals surface area contributed by atoms with Crippen LogP contribution in [0.3, 0.4) is 0 Å². The van der Waals surface area contributed by atoms with E-state index in [4.69, 9.17) is 0 Å². The van der Waals surface area contributed by atoms with E-state index in [0.717, 1.165) is 31.9 Å². The second-order valence-corrected chi connectivity index (χ2v) is 5.33. The van der Waals surface area contributed by atoms with E-state index in [2.05, 4.69) is 29.5 Å². The lowest BCUT2D eigenvalue weighted by molar-refractivity contribution is -0.121. The fourth-order valence-electron chi connectivity index (χ4n) is 1.59. The minimum atomic E-state index is 0. The lowest BCUT2D eigenvalue weighted by atomic mass is 10.2. The Kier molecular flexibility index (Phi) is 14.2. The standard InChI is InChI=1S/C11H23N3OS.2ClH/c1-3-14(2)6-4-13-11(15)8-10-9-16-7-5-12-10;;/h10,12H,3-9H2,1-2H3,(H,13,15);2*1H. The molecule has 1 amide bonds. The van der Waals surface area contributed by atoms with Gasteiger partial charge < -0.3 is 15.5 Å². The van der Waals surface area contributed by atoms with Crippen LogP contribution in [-0.4, -0.2) is 61.6 Å². The highest BCUT2D eigenvalue weighted by Crippen LogP contribution is 2.09. The zero-order valence-electron chi connectivity index (χ0n) is 11.1. The molecule has 0 radical (unpaired) electrons. The molecule has 18 heavy (non-hydrogen) atoms. The molecule has 1 fully saturated rings. The second kappa shape index (κ2) is 12.4. The number of halogens is 2. The van der Waals surface area contributed by atoms with E-state index in [0.29, 0.717) is 12.5 Å². The Morgan fingerprint density at radius 3 is 2.78 bits per heavy atom. The Balaban J connectivity index is 0. The lowest BCUT2D eigenvalue weighted by Crippen LogP contribution is -2.42. The van der Waals surface area contributed by atoms with Crippen LogP contribution in [0, 0.1) is 0 Å². The molecule has 1 saturated heterocycles. The van der Waals surface area contributed by atoms with Crippen LogP contribution >= 0.6 is 36.6 Å². The molecule has 1 rings (SSSR count). The van der Waals surface area contributed by atoms with Gasteiger partial charge in [-0.3, -0.25) is 4.79 Å². The molecule has 110 valence electrons. The van der Waals surface area contributed by atoms with E-state index in [9.17, 15) is 4.79 Å². The fourth-order valence-corrected chi connectivity index (χ4v) is 2.54. The molecule has 0 aromatic rings. The molecule has 0 aromatic carbocycles. The van der Waals surface area contributed by atoms with Gasteiger partial charge >= 0.3 is 0 Å². The first-order chi connectivity index (χ1) is 7.72. The number of amides is 1. The number of rotatable bonds is 6. The summed E-state index contributed by atoms with van der Waals surface area (Å²) in [5.74, 6) is 2.39. The van der Waals surface area contributed by atoms with Crippen molar-refractivity contribution in [2.45, 2.75) is 19.4 Å². The SMILES string of the molecule is CCN(C)CCNC(=O)CC1CSCCN1.Cl.Cl. The molecule has 1 unspecified atom stereocenters. The highest BCUT2D eigenvalue weighted by molar-refractivity contribution is 7.99. The number of nitrogens with one attached hydrogen (secondary N) is 2. The van der Waals surface area contributed by atoms with Crippen molar-refractivity contribution in [3.63, 3.8) is 0 Å². The van der Waals surface area contributed by atoms with Gasteiger partial charge in [-0.1, -0.05) is 6.92 Å². The lowest BCUT2D eigenvalue weighted by Gasteiger charge is -2.22. The summed E-state index contributed by atoms with van der Waals surface area (Å²) >= 11 is 1.93. The molecule has 4 nitrogen and oxygen atoms in total. The number of carbonyl (C=O) groups excluding carboxylic acids is 1. The minimum absolute atomic E-state index is 0. The third-order valence-electron chi connectivity index (χ3n) is 2.79. The normalized spacial score (nSPS) is 18.7. The average Bonchev–Trinajstić information content (AvgIpc) is 2.30. The van der Waals surface area contributed by atoms with E-state index in [1.54, 1.807) is 0 Å². The van der Waals surface area contributed by atoms with E-state index in [-0.39, 0.29) is 30.7 Å². The molecule has 0 saturated carbocycles. The molecule has 1 atom stereocenters. The quantitative estimate of drug-likeness (QED) is 0.767. The van der Waals surface area contributed by atoms with Crippen molar-refractivity contribution in [1.29, 1.82) is 0 Å². The van der Waals surface area contributed by atoms with Crippen molar-refractivity contribution < 1.29 is 4.79 Å².